The molecule has 1 aromatic rings. The molecule has 2 aliphatic heterocycles. The standard InChI is InChI=1S/C19H25BrN2O5/c1-19(2,3)27-18(24)22-6-4-12(5-7-22)17(23)21-14-11-16-15(10-13(14)20)25-8-9-26-16/h10-12H,4-9H2,1-3H3,(H,21,23). The fourth-order valence-corrected chi connectivity index (χ4v) is 3.47. The first kappa shape index (κ1) is 19.8. The summed E-state index contributed by atoms with van der Waals surface area (Å²) in [7, 11) is 0. The number of likely N-dealkylation sites (tertiary alicyclic amines) is 1. The minimum absolute atomic E-state index is 0.0591. The van der Waals surface area contributed by atoms with Crippen LogP contribution in [0.2, 0.25) is 0 Å². The zero-order valence-corrected chi connectivity index (χ0v) is 17.4. The molecular formula is C19H25BrN2O5. The van der Waals surface area contributed by atoms with Crippen LogP contribution >= 0.6 is 15.9 Å². The van der Waals surface area contributed by atoms with Gasteiger partial charge in [0.1, 0.15) is 18.8 Å². The summed E-state index contributed by atoms with van der Waals surface area (Å²) in [5, 5.41) is 2.96. The average molecular weight is 441 g/mol. The Bertz CT molecular complexity index is 724. The number of rotatable bonds is 2. The van der Waals surface area contributed by atoms with Crippen LogP contribution in [0.15, 0.2) is 16.6 Å². The smallest absolute Gasteiger partial charge is 0.410 e. The maximum absolute atomic E-state index is 12.7. The third-order valence-corrected chi connectivity index (χ3v) is 5.06. The van der Waals surface area contributed by atoms with Gasteiger partial charge < -0.3 is 24.4 Å². The van der Waals surface area contributed by atoms with Gasteiger partial charge in [0.15, 0.2) is 11.5 Å². The van der Waals surface area contributed by atoms with Crippen molar-refractivity contribution in [3.63, 3.8) is 0 Å². The van der Waals surface area contributed by atoms with Crippen LogP contribution in [-0.4, -0.2) is 48.8 Å². The van der Waals surface area contributed by atoms with Crippen LogP contribution in [0.5, 0.6) is 11.5 Å². The third kappa shape index (κ3) is 5.06. The molecule has 0 bridgehead atoms. The number of nitrogens with one attached hydrogen (secondary N) is 1. The molecule has 0 radical (unpaired) electrons. The van der Waals surface area contributed by atoms with Gasteiger partial charge in [0, 0.05) is 35.6 Å². The lowest BCUT2D eigenvalue weighted by molar-refractivity contribution is -0.121. The van der Waals surface area contributed by atoms with E-state index in [9.17, 15) is 9.59 Å². The molecule has 0 atom stereocenters. The van der Waals surface area contributed by atoms with Gasteiger partial charge in [-0.05, 0) is 49.5 Å². The van der Waals surface area contributed by atoms with E-state index in [-0.39, 0.29) is 17.9 Å². The van der Waals surface area contributed by atoms with Gasteiger partial charge in [0.05, 0.1) is 5.69 Å². The Morgan fingerprint density at radius 1 is 1.15 bits per heavy atom. The lowest BCUT2D eigenvalue weighted by atomic mass is 9.96. The number of amides is 2. The number of halogens is 1. The van der Waals surface area contributed by atoms with Crippen LogP contribution in [-0.2, 0) is 9.53 Å². The summed E-state index contributed by atoms with van der Waals surface area (Å²) in [6, 6.07) is 3.57. The number of carbonyl (C=O) groups is 2. The second-order valence-electron chi connectivity index (χ2n) is 7.71. The maximum Gasteiger partial charge on any atom is 0.410 e. The van der Waals surface area contributed by atoms with E-state index in [1.807, 2.05) is 20.8 Å². The molecule has 1 aromatic carbocycles. The monoisotopic (exact) mass is 440 g/mol. The molecule has 1 N–H and O–H groups in total. The molecule has 0 spiro atoms. The molecule has 1 saturated heterocycles. The predicted octanol–water partition coefficient (Wildman–Crippen LogP) is 3.81. The number of piperidine rings is 1. The molecule has 2 amide bonds. The van der Waals surface area contributed by atoms with E-state index in [4.69, 9.17) is 14.2 Å². The van der Waals surface area contributed by atoms with Gasteiger partial charge in [-0.3, -0.25) is 4.79 Å². The van der Waals surface area contributed by atoms with E-state index < -0.39 is 5.60 Å². The highest BCUT2D eigenvalue weighted by Gasteiger charge is 2.30. The first-order valence-corrected chi connectivity index (χ1v) is 9.90. The number of nitrogens with zero attached hydrogens (tertiary/aromatic N) is 1. The minimum atomic E-state index is -0.518. The largest absolute Gasteiger partial charge is 0.486 e. The molecule has 3 rings (SSSR count). The molecule has 0 aromatic heterocycles. The van der Waals surface area contributed by atoms with Crippen LogP contribution < -0.4 is 14.8 Å². The number of hydrogen-bond donors (Lipinski definition) is 1. The van der Waals surface area contributed by atoms with E-state index in [2.05, 4.69) is 21.2 Å². The highest BCUT2D eigenvalue weighted by Crippen LogP contribution is 2.38. The summed E-state index contributed by atoms with van der Waals surface area (Å²) in [6.45, 7) is 7.56. The van der Waals surface area contributed by atoms with E-state index >= 15 is 0 Å². The summed E-state index contributed by atoms with van der Waals surface area (Å²) in [4.78, 5) is 26.4. The summed E-state index contributed by atoms with van der Waals surface area (Å²) >= 11 is 3.46. The lowest BCUT2D eigenvalue weighted by Gasteiger charge is -2.33. The van der Waals surface area contributed by atoms with Gasteiger partial charge in [0.2, 0.25) is 5.91 Å². The summed E-state index contributed by atoms with van der Waals surface area (Å²) in [5.41, 5.74) is 0.134. The lowest BCUT2D eigenvalue weighted by Crippen LogP contribution is -2.43. The van der Waals surface area contributed by atoms with Crippen molar-refractivity contribution in [1.29, 1.82) is 0 Å². The third-order valence-electron chi connectivity index (χ3n) is 4.41. The van der Waals surface area contributed by atoms with Crippen molar-refractivity contribution in [1.82, 2.24) is 4.90 Å². The van der Waals surface area contributed by atoms with Crippen molar-refractivity contribution in [3.05, 3.63) is 16.6 Å². The minimum Gasteiger partial charge on any atom is -0.486 e. The number of anilines is 1. The molecule has 0 saturated carbocycles. The topological polar surface area (TPSA) is 77.1 Å². The van der Waals surface area contributed by atoms with Crippen molar-refractivity contribution in [2.75, 3.05) is 31.6 Å². The second-order valence-corrected chi connectivity index (χ2v) is 8.56. The van der Waals surface area contributed by atoms with E-state index in [1.54, 1.807) is 17.0 Å². The quantitative estimate of drug-likeness (QED) is 0.756. The van der Waals surface area contributed by atoms with Gasteiger partial charge in [-0.2, -0.15) is 0 Å². The number of hydrogen-bond acceptors (Lipinski definition) is 5. The average Bonchev–Trinajstić information content (AvgIpc) is 2.61. The first-order valence-electron chi connectivity index (χ1n) is 9.11. The van der Waals surface area contributed by atoms with Crippen molar-refractivity contribution in [2.45, 2.75) is 39.2 Å². The highest BCUT2D eigenvalue weighted by atomic mass is 79.9. The molecule has 27 heavy (non-hydrogen) atoms. The van der Waals surface area contributed by atoms with Crippen molar-refractivity contribution in [3.8, 4) is 11.5 Å². The van der Waals surface area contributed by atoms with Gasteiger partial charge in [0.25, 0.3) is 0 Å². The molecule has 0 aliphatic carbocycles. The molecule has 2 heterocycles. The Hall–Kier alpha value is -1.96. The Labute approximate surface area is 167 Å². The summed E-state index contributed by atoms with van der Waals surface area (Å²) < 4.78 is 17.2. The Morgan fingerprint density at radius 2 is 1.74 bits per heavy atom. The molecule has 2 aliphatic rings. The van der Waals surface area contributed by atoms with E-state index in [0.29, 0.717) is 56.3 Å². The fraction of sp³-hybridized carbons (Fsp3) is 0.579. The van der Waals surface area contributed by atoms with Crippen LogP contribution in [0.3, 0.4) is 0 Å². The molecule has 0 unspecified atom stereocenters. The number of ether oxygens (including phenoxy) is 3. The molecule has 7 nitrogen and oxygen atoms in total. The van der Waals surface area contributed by atoms with Crippen molar-refractivity contribution < 1.29 is 23.8 Å². The van der Waals surface area contributed by atoms with E-state index in [0.717, 1.165) is 4.47 Å². The number of benzene rings is 1. The van der Waals surface area contributed by atoms with Crippen LogP contribution in [0.4, 0.5) is 10.5 Å². The molecule has 148 valence electrons. The SMILES string of the molecule is CC(C)(C)OC(=O)N1CCC(C(=O)Nc2cc3c(cc2Br)OCCO3)CC1. The Balaban J connectivity index is 1.56. The van der Waals surface area contributed by atoms with Crippen molar-refractivity contribution in [2.24, 2.45) is 5.92 Å². The zero-order valence-electron chi connectivity index (χ0n) is 15.8. The second kappa shape index (κ2) is 7.96. The molecular weight excluding hydrogens is 416 g/mol. The van der Waals surface area contributed by atoms with Gasteiger partial charge in [-0.15, -0.1) is 0 Å². The zero-order chi connectivity index (χ0) is 19.6. The molecule has 1 fully saturated rings. The van der Waals surface area contributed by atoms with Gasteiger partial charge in [-0.25, -0.2) is 4.79 Å². The molecule has 8 heteroatoms. The van der Waals surface area contributed by atoms with Gasteiger partial charge in [-0.1, -0.05) is 0 Å². The Morgan fingerprint density at radius 3 is 2.33 bits per heavy atom. The van der Waals surface area contributed by atoms with Crippen molar-refractivity contribution >= 4 is 33.6 Å². The number of carbonyl (C=O) groups excluding carboxylic acids is 2. The predicted molar refractivity (Wildman–Crippen MR) is 104 cm³/mol. The van der Waals surface area contributed by atoms with Crippen LogP contribution in [0, 0.1) is 5.92 Å². The van der Waals surface area contributed by atoms with Gasteiger partial charge >= 0.3 is 6.09 Å². The Kier molecular flexibility index (Phi) is 5.83. The van der Waals surface area contributed by atoms with Crippen LogP contribution in [0.25, 0.3) is 0 Å². The normalized spacial score (nSPS) is 17.4. The fourth-order valence-electron chi connectivity index (χ4n) is 3.05. The highest BCUT2D eigenvalue weighted by molar-refractivity contribution is 9.10. The summed E-state index contributed by atoms with van der Waals surface area (Å²) in [6.07, 6.45) is 0.886. The van der Waals surface area contributed by atoms with Crippen LogP contribution in [0.1, 0.15) is 33.6 Å². The summed E-state index contributed by atoms with van der Waals surface area (Å²) in [5.74, 6) is 1.08. The number of fused-ring (bicyclic) bond motifs is 1. The maximum atomic E-state index is 12.7. The van der Waals surface area contributed by atoms with E-state index in [1.165, 1.54) is 0 Å². The first-order chi connectivity index (χ1) is 12.7.